The highest BCUT2D eigenvalue weighted by atomic mass is 16.5. The summed E-state index contributed by atoms with van der Waals surface area (Å²) < 4.78 is 5.34. The molecule has 1 saturated heterocycles. The summed E-state index contributed by atoms with van der Waals surface area (Å²) >= 11 is 0. The Bertz CT molecular complexity index is 1060. The van der Waals surface area contributed by atoms with Crippen LogP contribution in [0.2, 0.25) is 0 Å². The highest BCUT2D eigenvalue weighted by Gasteiger charge is 2.42. The van der Waals surface area contributed by atoms with E-state index < -0.39 is 0 Å². The van der Waals surface area contributed by atoms with Gasteiger partial charge in [0, 0.05) is 36.8 Å². The van der Waals surface area contributed by atoms with Crippen LogP contribution in [0, 0.1) is 6.92 Å². The van der Waals surface area contributed by atoms with Crippen molar-refractivity contribution in [2.24, 2.45) is 0 Å². The third-order valence-electron chi connectivity index (χ3n) is 6.75. The Morgan fingerprint density at radius 1 is 1.03 bits per heavy atom. The van der Waals surface area contributed by atoms with Crippen molar-refractivity contribution in [1.82, 2.24) is 19.9 Å². The number of fused-ring (bicyclic) bond motifs is 2. The molecule has 5 rings (SSSR count). The second kappa shape index (κ2) is 8.27. The van der Waals surface area contributed by atoms with E-state index in [4.69, 9.17) is 9.72 Å². The standard InChI is InChI=1S/C25H29N5O/c1-19-6-5-8-21(28-19)16-29-12-10-25(11-13-29)17-30(15-20-7-3-4-9-22(20)25)23-14-24(31-2)27-18-26-23/h3-9,14,18H,10-13,15-17H2,1-2H3. The molecule has 0 amide bonds. The van der Waals surface area contributed by atoms with Crippen molar-refractivity contribution in [3.05, 3.63) is 77.4 Å². The highest BCUT2D eigenvalue weighted by Crippen LogP contribution is 2.43. The lowest BCUT2D eigenvalue weighted by Gasteiger charge is -2.49. The second-order valence-electron chi connectivity index (χ2n) is 8.76. The fourth-order valence-corrected chi connectivity index (χ4v) is 5.15. The van der Waals surface area contributed by atoms with Gasteiger partial charge in [0.15, 0.2) is 0 Å². The molecule has 6 nitrogen and oxygen atoms in total. The van der Waals surface area contributed by atoms with Gasteiger partial charge in [-0.1, -0.05) is 30.3 Å². The maximum Gasteiger partial charge on any atom is 0.218 e. The van der Waals surface area contributed by atoms with Crippen molar-refractivity contribution >= 4 is 5.82 Å². The third kappa shape index (κ3) is 4.00. The predicted molar refractivity (Wildman–Crippen MR) is 121 cm³/mol. The third-order valence-corrected chi connectivity index (χ3v) is 6.75. The lowest BCUT2D eigenvalue weighted by atomic mass is 9.69. The number of methoxy groups -OCH3 is 1. The Kier molecular flexibility index (Phi) is 5.32. The Labute approximate surface area is 183 Å². The number of ether oxygens (including phenoxy) is 1. The molecule has 31 heavy (non-hydrogen) atoms. The van der Waals surface area contributed by atoms with Crippen LogP contribution in [-0.2, 0) is 18.5 Å². The van der Waals surface area contributed by atoms with Gasteiger partial charge in [0.2, 0.25) is 5.88 Å². The molecular formula is C25H29N5O. The summed E-state index contributed by atoms with van der Waals surface area (Å²) in [5, 5.41) is 0. The van der Waals surface area contributed by atoms with Gasteiger partial charge in [-0.2, -0.15) is 0 Å². The summed E-state index contributed by atoms with van der Waals surface area (Å²) in [4.78, 5) is 18.4. The number of rotatable bonds is 4. The zero-order valence-electron chi connectivity index (χ0n) is 18.3. The molecule has 2 aromatic heterocycles. The van der Waals surface area contributed by atoms with Crippen LogP contribution >= 0.6 is 0 Å². The number of anilines is 1. The fourth-order valence-electron chi connectivity index (χ4n) is 5.15. The van der Waals surface area contributed by atoms with E-state index in [0.29, 0.717) is 5.88 Å². The van der Waals surface area contributed by atoms with Crippen LogP contribution in [0.1, 0.15) is 35.4 Å². The minimum atomic E-state index is 0.142. The van der Waals surface area contributed by atoms with Gasteiger partial charge in [0.25, 0.3) is 0 Å². The van der Waals surface area contributed by atoms with Crippen LogP contribution < -0.4 is 9.64 Å². The monoisotopic (exact) mass is 415 g/mol. The summed E-state index contributed by atoms with van der Waals surface area (Å²) in [6.45, 7) is 6.97. The fraction of sp³-hybridized carbons (Fsp3) is 0.400. The Morgan fingerprint density at radius 3 is 2.68 bits per heavy atom. The van der Waals surface area contributed by atoms with E-state index >= 15 is 0 Å². The topological polar surface area (TPSA) is 54.4 Å². The lowest BCUT2D eigenvalue weighted by Crippen LogP contribution is -2.52. The van der Waals surface area contributed by atoms with Gasteiger partial charge >= 0.3 is 0 Å². The molecule has 0 unspecified atom stereocenters. The van der Waals surface area contributed by atoms with Gasteiger partial charge in [-0.15, -0.1) is 0 Å². The molecule has 1 aromatic carbocycles. The van der Waals surface area contributed by atoms with Gasteiger partial charge in [-0.3, -0.25) is 9.88 Å². The molecule has 2 aliphatic heterocycles. The normalized spacial score (nSPS) is 18.1. The van der Waals surface area contributed by atoms with Gasteiger partial charge < -0.3 is 9.64 Å². The number of hydrogen-bond donors (Lipinski definition) is 0. The lowest BCUT2D eigenvalue weighted by molar-refractivity contribution is 0.148. The molecule has 0 aliphatic carbocycles. The molecule has 160 valence electrons. The minimum absolute atomic E-state index is 0.142. The van der Waals surface area contributed by atoms with Crippen LogP contribution in [-0.4, -0.2) is 46.6 Å². The molecule has 4 heterocycles. The first kappa shape index (κ1) is 19.9. The highest BCUT2D eigenvalue weighted by molar-refractivity contribution is 5.49. The smallest absolute Gasteiger partial charge is 0.218 e. The van der Waals surface area contributed by atoms with Crippen LogP contribution in [0.4, 0.5) is 5.82 Å². The number of benzene rings is 1. The Morgan fingerprint density at radius 2 is 1.87 bits per heavy atom. The molecule has 1 fully saturated rings. The molecule has 0 radical (unpaired) electrons. The van der Waals surface area contributed by atoms with E-state index in [2.05, 4.69) is 69.2 Å². The molecule has 6 heteroatoms. The van der Waals surface area contributed by atoms with Crippen LogP contribution in [0.5, 0.6) is 5.88 Å². The molecule has 3 aromatic rings. The molecule has 0 atom stereocenters. The van der Waals surface area contributed by atoms with Gasteiger partial charge in [0.05, 0.1) is 12.8 Å². The summed E-state index contributed by atoms with van der Waals surface area (Å²) in [6.07, 6.45) is 3.86. The maximum absolute atomic E-state index is 5.34. The zero-order chi connectivity index (χ0) is 21.3. The van der Waals surface area contributed by atoms with Gasteiger partial charge in [0.1, 0.15) is 12.1 Å². The number of pyridine rings is 1. The average Bonchev–Trinajstić information content (AvgIpc) is 2.81. The van der Waals surface area contributed by atoms with Crippen LogP contribution in [0.25, 0.3) is 0 Å². The average molecular weight is 416 g/mol. The van der Waals surface area contributed by atoms with Crippen molar-refractivity contribution in [1.29, 1.82) is 0 Å². The summed E-state index contributed by atoms with van der Waals surface area (Å²) in [6, 6.07) is 17.2. The van der Waals surface area contributed by atoms with E-state index in [1.165, 1.54) is 11.1 Å². The first-order chi connectivity index (χ1) is 15.1. The Hall–Kier alpha value is -2.99. The molecule has 0 saturated carbocycles. The molecule has 0 bridgehead atoms. The first-order valence-electron chi connectivity index (χ1n) is 11.0. The number of aromatic nitrogens is 3. The predicted octanol–water partition coefficient (Wildman–Crippen LogP) is 3.74. The maximum atomic E-state index is 5.34. The van der Waals surface area contributed by atoms with E-state index in [0.717, 1.165) is 62.8 Å². The van der Waals surface area contributed by atoms with E-state index in [9.17, 15) is 0 Å². The number of likely N-dealkylation sites (tertiary alicyclic amines) is 1. The van der Waals surface area contributed by atoms with E-state index in [1.807, 2.05) is 6.07 Å². The van der Waals surface area contributed by atoms with Crippen molar-refractivity contribution in [3.63, 3.8) is 0 Å². The SMILES string of the molecule is COc1cc(N2Cc3ccccc3C3(CCN(Cc4cccc(C)n4)CC3)C2)ncn1. The quantitative estimate of drug-likeness (QED) is 0.647. The molecular weight excluding hydrogens is 386 g/mol. The largest absolute Gasteiger partial charge is 0.481 e. The van der Waals surface area contributed by atoms with Crippen molar-refractivity contribution in [3.8, 4) is 5.88 Å². The van der Waals surface area contributed by atoms with Crippen molar-refractivity contribution in [2.75, 3.05) is 31.6 Å². The summed E-state index contributed by atoms with van der Waals surface area (Å²) in [5.74, 6) is 1.55. The molecule has 2 aliphatic rings. The number of piperidine rings is 1. The van der Waals surface area contributed by atoms with Gasteiger partial charge in [-0.05, 0) is 56.1 Å². The van der Waals surface area contributed by atoms with Crippen LogP contribution in [0.3, 0.4) is 0 Å². The van der Waals surface area contributed by atoms with Gasteiger partial charge in [-0.25, -0.2) is 9.97 Å². The molecule has 0 N–H and O–H groups in total. The van der Waals surface area contributed by atoms with Crippen molar-refractivity contribution in [2.45, 2.75) is 38.3 Å². The zero-order valence-corrected chi connectivity index (χ0v) is 18.3. The number of nitrogens with zero attached hydrogens (tertiary/aromatic N) is 5. The summed E-state index contributed by atoms with van der Waals surface area (Å²) in [7, 11) is 1.65. The second-order valence-corrected chi connectivity index (χ2v) is 8.76. The molecule has 1 spiro atoms. The van der Waals surface area contributed by atoms with E-state index in [1.54, 1.807) is 13.4 Å². The minimum Gasteiger partial charge on any atom is -0.481 e. The number of hydrogen-bond acceptors (Lipinski definition) is 6. The number of aryl methyl sites for hydroxylation is 1. The van der Waals surface area contributed by atoms with Crippen LogP contribution in [0.15, 0.2) is 54.9 Å². The Balaban J connectivity index is 1.38. The summed E-state index contributed by atoms with van der Waals surface area (Å²) in [5.41, 5.74) is 5.31. The van der Waals surface area contributed by atoms with Crippen molar-refractivity contribution < 1.29 is 4.74 Å². The van der Waals surface area contributed by atoms with E-state index in [-0.39, 0.29) is 5.41 Å². The first-order valence-corrected chi connectivity index (χ1v) is 11.0.